The Morgan fingerprint density at radius 1 is 1.05 bits per heavy atom. The number of aryl methyl sites for hydroxylation is 1. The van der Waals surface area contributed by atoms with Crippen molar-refractivity contribution in [2.75, 3.05) is 33.3 Å². The topological polar surface area (TPSA) is 67.7 Å². The number of nitrogens with zero attached hydrogens (tertiary/aromatic N) is 4. The Kier molecular flexibility index (Phi) is 6.28. The van der Waals surface area contributed by atoms with Gasteiger partial charge in [-0.1, -0.05) is 20.8 Å². The normalized spacial score (nSPS) is 44.4. The molecule has 1 saturated heterocycles. The summed E-state index contributed by atoms with van der Waals surface area (Å²) in [6.45, 7) is 10.1. The highest BCUT2D eigenvalue weighted by Crippen LogP contribution is 2.82. The lowest BCUT2D eigenvalue weighted by molar-refractivity contribution is -0.161. The largest absolute Gasteiger partial charge is 0.381 e. The number of aromatic nitrogens is 2. The van der Waals surface area contributed by atoms with E-state index in [1.54, 1.807) is 17.1 Å². The number of carbonyl (C=O) groups is 2. The Morgan fingerprint density at radius 3 is 2.48 bits per heavy atom. The molecule has 5 saturated carbocycles. The molecule has 0 bridgehead atoms. The quantitative estimate of drug-likeness (QED) is 0.517. The molecule has 2 heterocycles. The zero-order valence-corrected chi connectivity index (χ0v) is 25.4. The fourth-order valence-electron chi connectivity index (χ4n) is 12.0. The van der Waals surface area contributed by atoms with Crippen molar-refractivity contribution in [3.63, 3.8) is 0 Å². The summed E-state index contributed by atoms with van der Waals surface area (Å²) in [5.41, 5.74) is 1.93. The summed E-state index contributed by atoms with van der Waals surface area (Å²) >= 11 is 0. The average Bonchev–Trinajstić information content (AvgIpc) is 3.17. The molecule has 7 rings (SSSR count). The van der Waals surface area contributed by atoms with Crippen molar-refractivity contribution in [1.29, 1.82) is 0 Å². The SMILES string of the molecule is CO[C@@H]1C[C@H]2[C@@H]3CC[C@H]([C@H](C)CC(=O)N4CCN(C(=O)c5cnn(C)c5)CC4)[C@@]3(C)CC[C@@H]2[C@@]2(C)CC[C@@H]3CC312. The van der Waals surface area contributed by atoms with Gasteiger partial charge in [0.25, 0.3) is 5.91 Å². The Bertz CT molecular complexity index is 1170. The van der Waals surface area contributed by atoms with E-state index in [9.17, 15) is 9.59 Å². The van der Waals surface area contributed by atoms with Crippen LogP contribution in [0.5, 0.6) is 0 Å². The molecule has 10 atom stereocenters. The van der Waals surface area contributed by atoms with Gasteiger partial charge in [-0.2, -0.15) is 5.10 Å². The highest BCUT2D eigenvalue weighted by Gasteiger charge is 2.77. The summed E-state index contributed by atoms with van der Waals surface area (Å²) in [4.78, 5) is 30.2. The van der Waals surface area contributed by atoms with Crippen molar-refractivity contribution in [2.24, 2.45) is 58.8 Å². The molecule has 0 aromatic carbocycles. The molecule has 1 aliphatic heterocycles. The number of fused-ring (bicyclic) bond motifs is 4. The summed E-state index contributed by atoms with van der Waals surface area (Å²) in [6, 6.07) is 0. The van der Waals surface area contributed by atoms with E-state index in [1.165, 1.54) is 51.4 Å². The molecule has 1 spiro atoms. The summed E-state index contributed by atoms with van der Waals surface area (Å²) in [6.07, 6.45) is 15.3. The Morgan fingerprint density at radius 2 is 1.80 bits per heavy atom. The van der Waals surface area contributed by atoms with Gasteiger partial charge in [0.1, 0.15) is 0 Å². The number of hydrogen-bond donors (Lipinski definition) is 0. The lowest BCUT2D eigenvalue weighted by atomic mass is 9.45. The van der Waals surface area contributed by atoms with Crippen LogP contribution in [-0.4, -0.2) is 70.8 Å². The predicted molar refractivity (Wildman–Crippen MR) is 153 cm³/mol. The van der Waals surface area contributed by atoms with Gasteiger partial charge in [0, 0.05) is 58.4 Å². The molecule has 2 amide bonds. The van der Waals surface area contributed by atoms with Gasteiger partial charge in [-0.15, -0.1) is 0 Å². The van der Waals surface area contributed by atoms with Gasteiger partial charge in [-0.05, 0) is 97.7 Å². The molecule has 0 N–H and O–H groups in total. The minimum absolute atomic E-state index is 0.0158. The van der Waals surface area contributed by atoms with Crippen LogP contribution in [0.15, 0.2) is 12.4 Å². The van der Waals surface area contributed by atoms with E-state index in [1.807, 2.05) is 24.0 Å². The van der Waals surface area contributed by atoms with Crippen LogP contribution in [0.3, 0.4) is 0 Å². The molecule has 5 aliphatic carbocycles. The van der Waals surface area contributed by atoms with Crippen molar-refractivity contribution < 1.29 is 14.3 Å². The van der Waals surface area contributed by atoms with Gasteiger partial charge in [0.15, 0.2) is 0 Å². The minimum atomic E-state index is 0.0158. The number of carbonyl (C=O) groups excluding carboxylic acids is 2. The van der Waals surface area contributed by atoms with Crippen molar-refractivity contribution in [2.45, 2.75) is 84.7 Å². The van der Waals surface area contributed by atoms with Crippen LogP contribution < -0.4 is 0 Å². The minimum Gasteiger partial charge on any atom is -0.381 e. The fraction of sp³-hybridized carbons (Fsp3) is 0.848. The van der Waals surface area contributed by atoms with Gasteiger partial charge in [-0.25, -0.2) is 0 Å². The second-order valence-electron chi connectivity index (χ2n) is 15.2. The summed E-state index contributed by atoms with van der Waals surface area (Å²) in [5, 5.41) is 4.13. The zero-order valence-electron chi connectivity index (χ0n) is 25.4. The Hall–Kier alpha value is -1.89. The monoisotopic (exact) mass is 550 g/mol. The van der Waals surface area contributed by atoms with Gasteiger partial charge in [0.05, 0.1) is 17.9 Å². The molecule has 220 valence electrons. The summed E-state index contributed by atoms with van der Waals surface area (Å²) in [7, 11) is 3.81. The molecule has 6 aliphatic rings. The highest BCUT2D eigenvalue weighted by molar-refractivity contribution is 5.94. The molecular formula is C33H50N4O3. The first-order valence-electron chi connectivity index (χ1n) is 16.2. The maximum atomic E-state index is 13.5. The van der Waals surface area contributed by atoms with Crippen LogP contribution >= 0.6 is 0 Å². The Balaban J connectivity index is 0.988. The lowest BCUT2D eigenvalue weighted by Gasteiger charge is -2.61. The van der Waals surface area contributed by atoms with Crippen LogP contribution in [0.2, 0.25) is 0 Å². The van der Waals surface area contributed by atoms with E-state index in [2.05, 4.69) is 25.9 Å². The van der Waals surface area contributed by atoms with Gasteiger partial charge >= 0.3 is 0 Å². The van der Waals surface area contributed by atoms with Crippen LogP contribution in [0.4, 0.5) is 0 Å². The maximum Gasteiger partial charge on any atom is 0.257 e. The van der Waals surface area contributed by atoms with E-state index in [0.717, 1.165) is 23.7 Å². The lowest BCUT2D eigenvalue weighted by Crippen LogP contribution is -2.57. The van der Waals surface area contributed by atoms with E-state index >= 15 is 0 Å². The first-order chi connectivity index (χ1) is 19.1. The van der Waals surface area contributed by atoms with Crippen LogP contribution in [0.1, 0.15) is 88.9 Å². The van der Waals surface area contributed by atoms with Crippen molar-refractivity contribution in [3.8, 4) is 0 Å². The van der Waals surface area contributed by atoms with E-state index in [0.29, 0.717) is 72.3 Å². The first kappa shape index (κ1) is 27.0. The number of hydrogen-bond acceptors (Lipinski definition) is 4. The third-order valence-electron chi connectivity index (χ3n) is 14.0. The van der Waals surface area contributed by atoms with Gasteiger partial charge < -0.3 is 14.5 Å². The molecule has 7 nitrogen and oxygen atoms in total. The molecular weight excluding hydrogens is 500 g/mol. The Labute approximate surface area is 240 Å². The summed E-state index contributed by atoms with van der Waals surface area (Å²) in [5.74, 6) is 4.67. The van der Waals surface area contributed by atoms with E-state index in [4.69, 9.17) is 4.74 Å². The van der Waals surface area contributed by atoms with Gasteiger partial charge in [0.2, 0.25) is 5.91 Å². The number of ether oxygens (including phenoxy) is 1. The smallest absolute Gasteiger partial charge is 0.257 e. The molecule has 1 unspecified atom stereocenters. The molecule has 6 fully saturated rings. The van der Waals surface area contributed by atoms with E-state index < -0.39 is 0 Å². The predicted octanol–water partition coefficient (Wildman–Crippen LogP) is 5.01. The molecule has 0 radical (unpaired) electrons. The summed E-state index contributed by atoms with van der Waals surface area (Å²) < 4.78 is 7.97. The van der Waals surface area contributed by atoms with Crippen LogP contribution in [0.25, 0.3) is 0 Å². The third kappa shape index (κ3) is 3.67. The number of amides is 2. The number of methoxy groups -OCH3 is 1. The zero-order chi connectivity index (χ0) is 28.0. The average molecular weight is 551 g/mol. The maximum absolute atomic E-state index is 13.5. The van der Waals surface area contributed by atoms with Crippen molar-refractivity contribution in [3.05, 3.63) is 18.0 Å². The molecule has 7 heteroatoms. The van der Waals surface area contributed by atoms with Gasteiger partial charge in [-0.3, -0.25) is 14.3 Å². The number of rotatable bonds is 5. The van der Waals surface area contributed by atoms with Crippen molar-refractivity contribution >= 4 is 11.8 Å². The van der Waals surface area contributed by atoms with E-state index in [-0.39, 0.29) is 11.8 Å². The van der Waals surface area contributed by atoms with Crippen LogP contribution in [0, 0.1) is 51.8 Å². The second-order valence-corrected chi connectivity index (χ2v) is 15.2. The molecule has 40 heavy (non-hydrogen) atoms. The van der Waals surface area contributed by atoms with Crippen LogP contribution in [-0.2, 0) is 16.6 Å². The standard InChI is InChI=1S/C33H50N4O3/c1-21(16-29(38)36-12-14-37(15-13-36)30(39)22-19-34-35(4)20-22)25-6-7-26-24-17-28(40-5)33-18-23(33)8-11-32(33,3)27(24)9-10-31(25,26)2/h19-21,23-28H,6-18H2,1-5H3/t21-,23-,24+,25-,26+,27+,28-,31-,32-,33?/m1/s1. The highest BCUT2D eigenvalue weighted by atomic mass is 16.5. The molecule has 1 aromatic rings. The number of piperazine rings is 1. The second kappa shape index (κ2) is 9.31. The fourth-order valence-corrected chi connectivity index (χ4v) is 12.0. The first-order valence-corrected chi connectivity index (χ1v) is 16.2. The third-order valence-corrected chi connectivity index (χ3v) is 14.0. The molecule has 1 aromatic heterocycles. The van der Waals surface area contributed by atoms with Crippen molar-refractivity contribution in [1.82, 2.24) is 19.6 Å².